The molecule has 0 saturated heterocycles. The van der Waals surface area contributed by atoms with E-state index in [1.807, 2.05) is 20.8 Å². The third-order valence-corrected chi connectivity index (χ3v) is 5.09. The van der Waals surface area contributed by atoms with Crippen LogP contribution < -0.4 is 10.9 Å². The predicted molar refractivity (Wildman–Crippen MR) is 115 cm³/mol. The number of amides is 1. The van der Waals surface area contributed by atoms with Crippen molar-refractivity contribution in [3.05, 3.63) is 56.0 Å². The Morgan fingerprint density at radius 1 is 1.20 bits per heavy atom. The van der Waals surface area contributed by atoms with Crippen LogP contribution >= 0.6 is 15.9 Å². The van der Waals surface area contributed by atoms with Gasteiger partial charge in [0.05, 0.1) is 36.6 Å². The zero-order chi connectivity index (χ0) is 22.1. The minimum absolute atomic E-state index is 0.158. The minimum atomic E-state index is -0.509. The number of hydroxylamine groups is 2. The van der Waals surface area contributed by atoms with Crippen molar-refractivity contribution in [3.63, 3.8) is 0 Å². The highest BCUT2D eigenvalue weighted by Gasteiger charge is 2.30. The van der Waals surface area contributed by atoms with Crippen LogP contribution in [0.3, 0.4) is 0 Å². The molecule has 0 bridgehead atoms. The van der Waals surface area contributed by atoms with Crippen LogP contribution in [0.1, 0.15) is 36.7 Å². The lowest BCUT2D eigenvalue weighted by Gasteiger charge is -2.30. The lowest BCUT2D eigenvalue weighted by atomic mass is 10.0. The van der Waals surface area contributed by atoms with Gasteiger partial charge in [0.25, 0.3) is 11.5 Å². The lowest BCUT2D eigenvalue weighted by molar-refractivity contribution is -0.148. The van der Waals surface area contributed by atoms with E-state index >= 15 is 0 Å². The summed E-state index contributed by atoms with van der Waals surface area (Å²) >= 11 is 3.22. The fourth-order valence-electron chi connectivity index (χ4n) is 3.12. The van der Waals surface area contributed by atoms with Gasteiger partial charge in [-0.15, -0.1) is 0 Å². The first-order valence-corrected chi connectivity index (χ1v) is 10.4. The van der Waals surface area contributed by atoms with Gasteiger partial charge in [-0.25, -0.2) is 9.45 Å². The molecule has 0 spiro atoms. The van der Waals surface area contributed by atoms with Gasteiger partial charge in [-0.2, -0.15) is 0 Å². The summed E-state index contributed by atoms with van der Waals surface area (Å²) in [5, 5.41) is 4.18. The molecule has 1 amide bonds. The molecule has 0 atom stereocenters. The summed E-state index contributed by atoms with van der Waals surface area (Å²) in [7, 11) is 1.53. The Morgan fingerprint density at radius 2 is 1.93 bits per heavy atom. The average Bonchev–Trinajstić information content (AvgIpc) is 2.65. The van der Waals surface area contributed by atoms with Crippen molar-refractivity contribution in [3.8, 4) is 0 Å². The highest BCUT2D eigenvalue weighted by molar-refractivity contribution is 9.10. The van der Waals surface area contributed by atoms with Gasteiger partial charge >= 0.3 is 0 Å². The number of carbonyl (C=O) groups excluding carboxylic acids is 1. The molecule has 2 aromatic rings. The van der Waals surface area contributed by atoms with Gasteiger partial charge in [0.2, 0.25) is 0 Å². The van der Waals surface area contributed by atoms with Crippen LogP contribution in [-0.2, 0) is 23.0 Å². The van der Waals surface area contributed by atoms with Gasteiger partial charge in [0.1, 0.15) is 11.6 Å². The molecule has 0 radical (unpaired) electrons. The number of aromatic nitrogens is 1. The second-order valence-corrected chi connectivity index (χ2v) is 8.91. The van der Waals surface area contributed by atoms with Crippen LogP contribution in [0, 0.1) is 5.82 Å². The van der Waals surface area contributed by atoms with Crippen LogP contribution in [0.2, 0.25) is 0 Å². The molecule has 7 nitrogen and oxygen atoms in total. The molecular weight excluding hydrogens is 457 g/mol. The van der Waals surface area contributed by atoms with E-state index in [0.717, 1.165) is 0 Å². The number of ether oxygens (including phenoxy) is 1. The molecule has 162 valence electrons. The monoisotopic (exact) mass is 481 g/mol. The van der Waals surface area contributed by atoms with Gasteiger partial charge in [-0.1, -0.05) is 15.9 Å². The van der Waals surface area contributed by atoms with Crippen molar-refractivity contribution in [2.75, 3.05) is 25.1 Å². The van der Waals surface area contributed by atoms with E-state index in [1.165, 1.54) is 34.9 Å². The molecule has 1 aromatic heterocycles. The van der Waals surface area contributed by atoms with E-state index in [1.54, 1.807) is 6.07 Å². The van der Waals surface area contributed by atoms with Crippen molar-refractivity contribution >= 4 is 33.3 Å². The smallest absolute Gasteiger partial charge is 0.281 e. The number of fused-ring (bicyclic) bond motifs is 1. The summed E-state index contributed by atoms with van der Waals surface area (Å²) in [6.45, 7) is 6.69. The summed E-state index contributed by atoms with van der Waals surface area (Å²) in [6, 6.07) is 5.96. The zero-order valence-corrected chi connectivity index (χ0v) is 19.0. The van der Waals surface area contributed by atoms with Crippen molar-refractivity contribution in [1.29, 1.82) is 0 Å². The largest absolute Gasteiger partial charge is 0.373 e. The maximum absolute atomic E-state index is 14.4. The molecule has 30 heavy (non-hydrogen) atoms. The molecule has 2 heterocycles. The first-order valence-electron chi connectivity index (χ1n) is 9.60. The predicted octanol–water partition coefficient (Wildman–Crippen LogP) is 3.78. The number of nitrogens with zero attached hydrogens (tertiary/aromatic N) is 2. The minimum Gasteiger partial charge on any atom is -0.373 e. The molecule has 0 saturated carbocycles. The van der Waals surface area contributed by atoms with Crippen molar-refractivity contribution in [2.45, 2.75) is 32.8 Å². The summed E-state index contributed by atoms with van der Waals surface area (Å²) in [6.07, 6.45) is 0.453. The molecule has 1 aromatic carbocycles. The average molecular weight is 482 g/mol. The number of pyridine rings is 1. The Labute approximate surface area is 182 Å². The van der Waals surface area contributed by atoms with Gasteiger partial charge in [0.15, 0.2) is 0 Å². The van der Waals surface area contributed by atoms with Gasteiger partial charge in [0, 0.05) is 17.6 Å². The quantitative estimate of drug-likeness (QED) is 0.635. The molecule has 3 rings (SSSR count). The maximum Gasteiger partial charge on any atom is 0.281 e. The fraction of sp³-hybridized carbons (Fsp3) is 0.429. The second kappa shape index (κ2) is 8.87. The summed E-state index contributed by atoms with van der Waals surface area (Å²) in [5.74, 6) is -0.671. The highest BCUT2D eigenvalue weighted by atomic mass is 79.9. The Hall–Kier alpha value is -2.23. The number of halogens is 2. The van der Waals surface area contributed by atoms with Gasteiger partial charge in [-0.3, -0.25) is 19.0 Å². The van der Waals surface area contributed by atoms with E-state index in [9.17, 15) is 14.0 Å². The van der Waals surface area contributed by atoms with E-state index in [0.29, 0.717) is 35.2 Å². The topological polar surface area (TPSA) is 72.8 Å². The molecule has 9 heteroatoms. The Balaban J connectivity index is 1.87. The number of hydrogen-bond donors (Lipinski definition) is 1. The van der Waals surface area contributed by atoms with Gasteiger partial charge < -0.3 is 10.1 Å². The van der Waals surface area contributed by atoms with Crippen molar-refractivity contribution in [2.24, 2.45) is 7.05 Å². The SMILES string of the molecule is Cn1c(Nc2ccc(Br)cc2F)c2c(cc1=O)CCN(OCCOC(C)(C)C)C2=O. The molecular formula is C21H25BrFN3O4. The van der Waals surface area contributed by atoms with Crippen LogP contribution in [0.4, 0.5) is 15.9 Å². The number of nitrogens with one attached hydrogen (secondary N) is 1. The third kappa shape index (κ3) is 5.08. The van der Waals surface area contributed by atoms with Crippen LogP contribution in [-0.4, -0.2) is 40.9 Å². The van der Waals surface area contributed by atoms with E-state index in [4.69, 9.17) is 9.57 Å². The first kappa shape index (κ1) is 22.5. The standard InChI is InChI=1S/C21H25BrFN3O4/c1-21(2,3)29-9-10-30-26-8-7-13-11-17(27)25(4)19(18(13)20(26)28)24-16-6-5-14(22)12-15(16)23/h5-6,11-12,24H,7-10H2,1-4H3. The Kier molecular flexibility index (Phi) is 6.64. The molecule has 1 aliphatic heterocycles. The summed E-state index contributed by atoms with van der Waals surface area (Å²) < 4.78 is 21.9. The Bertz CT molecular complexity index is 1020. The van der Waals surface area contributed by atoms with E-state index < -0.39 is 5.82 Å². The number of anilines is 2. The second-order valence-electron chi connectivity index (χ2n) is 7.99. The number of rotatable bonds is 6. The maximum atomic E-state index is 14.4. The summed E-state index contributed by atoms with van der Waals surface area (Å²) in [5.41, 5.74) is 0.475. The van der Waals surface area contributed by atoms with Crippen molar-refractivity contribution < 1.29 is 18.8 Å². The van der Waals surface area contributed by atoms with Crippen LogP contribution in [0.5, 0.6) is 0 Å². The lowest BCUT2D eigenvalue weighted by Crippen LogP contribution is -2.41. The molecule has 0 unspecified atom stereocenters. The first-order chi connectivity index (χ1) is 14.1. The van der Waals surface area contributed by atoms with Crippen LogP contribution in [0.15, 0.2) is 33.5 Å². The molecule has 1 aliphatic rings. The Morgan fingerprint density at radius 3 is 2.60 bits per heavy atom. The van der Waals surface area contributed by atoms with E-state index in [2.05, 4.69) is 21.2 Å². The fourth-order valence-corrected chi connectivity index (χ4v) is 3.45. The van der Waals surface area contributed by atoms with Crippen molar-refractivity contribution in [1.82, 2.24) is 9.63 Å². The number of carbonyl (C=O) groups is 1. The third-order valence-electron chi connectivity index (χ3n) is 4.60. The highest BCUT2D eigenvalue weighted by Crippen LogP contribution is 2.29. The van der Waals surface area contributed by atoms with Crippen LogP contribution in [0.25, 0.3) is 0 Å². The van der Waals surface area contributed by atoms with E-state index in [-0.39, 0.29) is 35.2 Å². The van der Waals surface area contributed by atoms with Gasteiger partial charge in [-0.05, 0) is 51.0 Å². The summed E-state index contributed by atoms with van der Waals surface area (Å²) in [4.78, 5) is 31.1. The molecule has 1 N–H and O–H groups in total. The number of benzene rings is 1. The molecule has 0 aliphatic carbocycles. The normalized spacial score (nSPS) is 14.1. The zero-order valence-electron chi connectivity index (χ0n) is 17.4. The molecule has 0 fully saturated rings. The number of hydrogen-bond acceptors (Lipinski definition) is 5.